The fourth-order valence-electron chi connectivity index (χ4n) is 3.94. The Morgan fingerprint density at radius 1 is 1.24 bits per heavy atom. The van der Waals surface area contributed by atoms with Gasteiger partial charge >= 0.3 is 0 Å². The third-order valence-electron chi connectivity index (χ3n) is 5.50. The molecule has 1 fully saturated rings. The molecule has 0 bridgehead atoms. The summed E-state index contributed by atoms with van der Waals surface area (Å²) in [5, 5.41) is 4.90. The molecule has 4 aromatic rings. The molecule has 0 spiro atoms. The standard InChI is InChI=1S/C20H19ClN6O2/c1-26-10-22-19-17(26)20(28)27(11-23-19)9-16-24-18(25-29-16)14-6-13(7-14)5-12-3-2-4-15(21)8-12/h2-4,8,10-11,13-14H,5-7,9H2,1H3. The van der Waals surface area contributed by atoms with Crippen molar-refractivity contribution in [2.75, 3.05) is 0 Å². The van der Waals surface area contributed by atoms with Gasteiger partial charge in [-0.2, -0.15) is 4.98 Å². The SMILES string of the molecule is Cn1cnc2ncn(Cc3nc(C4CC(Cc5cccc(Cl)c5)C4)no3)c(=O)c21. The van der Waals surface area contributed by atoms with E-state index >= 15 is 0 Å². The molecule has 0 saturated heterocycles. The maximum absolute atomic E-state index is 12.6. The second-order valence-electron chi connectivity index (χ2n) is 7.62. The largest absolute Gasteiger partial charge is 0.337 e. The van der Waals surface area contributed by atoms with E-state index in [1.807, 2.05) is 18.2 Å². The molecule has 0 radical (unpaired) electrons. The summed E-state index contributed by atoms with van der Waals surface area (Å²) < 4.78 is 8.51. The lowest BCUT2D eigenvalue weighted by Gasteiger charge is -2.33. The number of rotatable bonds is 5. The van der Waals surface area contributed by atoms with Crippen molar-refractivity contribution in [1.82, 2.24) is 29.2 Å². The van der Waals surface area contributed by atoms with Crippen LogP contribution in [0.3, 0.4) is 0 Å². The van der Waals surface area contributed by atoms with Gasteiger partial charge in [-0.05, 0) is 42.9 Å². The molecular formula is C20H19ClN6O2. The van der Waals surface area contributed by atoms with Crippen LogP contribution in [0.25, 0.3) is 11.2 Å². The number of aryl methyl sites for hydroxylation is 1. The monoisotopic (exact) mass is 410 g/mol. The van der Waals surface area contributed by atoms with Crippen molar-refractivity contribution in [3.8, 4) is 0 Å². The molecule has 9 heteroatoms. The molecule has 0 aliphatic heterocycles. The zero-order valence-electron chi connectivity index (χ0n) is 15.8. The van der Waals surface area contributed by atoms with Gasteiger partial charge in [0.1, 0.15) is 12.9 Å². The van der Waals surface area contributed by atoms with Crippen LogP contribution < -0.4 is 5.56 Å². The maximum atomic E-state index is 12.6. The Morgan fingerprint density at radius 2 is 2.07 bits per heavy atom. The fourth-order valence-corrected chi connectivity index (χ4v) is 4.15. The van der Waals surface area contributed by atoms with Crippen LogP contribution in [0.5, 0.6) is 0 Å². The van der Waals surface area contributed by atoms with Gasteiger partial charge in [-0.15, -0.1) is 0 Å². The molecule has 1 aromatic carbocycles. The van der Waals surface area contributed by atoms with Gasteiger partial charge in [0.2, 0.25) is 5.89 Å². The first kappa shape index (κ1) is 18.1. The van der Waals surface area contributed by atoms with Crippen LogP contribution in [0.2, 0.25) is 5.02 Å². The van der Waals surface area contributed by atoms with Crippen LogP contribution in [0.15, 0.2) is 46.2 Å². The van der Waals surface area contributed by atoms with Crippen LogP contribution in [0.1, 0.15) is 36.0 Å². The van der Waals surface area contributed by atoms with E-state index < -0.39 is 0 Å². The average molecular weight is 411 g/mol. The number of benzene rings is 1. The van der Waals surface area contributed by atoms with Gasteiger partial charge in [-0.1, -0.05) is 28.9 Å². The van der Waals surface area contributed by atoms with E-state index in [-0.39, 0.29) is 12.1 Å². The van der Waals surface area contributed by atoms with E-state index in [2.05, 4.69) is 26.2 Å². The number of halogens is 1. The van der Waals surface area contributed by atoms with Gasteiger partial charge in [0.15, 0.2) is 17.0 Å². The Bertz CT molecular complexity index is 1240. The quantitative estimate of drug-likeness (QED) is 0.502. The first-order chi connectivity index (χ1) is 14.1. The Morgan fingerprint density at radius 3 is 2.90 bits per heavy atom. The van der Waals surface area contributed by atoms with Crippen LogP contribution in [-0.2, 0) is 20.0 Å². The van der Waals surface area contributed by atoms with E-state index in [1.54, 1.807) is 17.9 Å². The van der Waals surface area contributed by atoms with Crippen molar-refractivity contribution >= 4 is 22.8 Å². The number of nitrogens with zero attached hydrogens (tertiary/aromatic N) is 6. The second-order valence-corrected chi connectivity index (χ2v) is 8.06. The highest BCUT2D eigenvalue weighted by Gasteiger charge is 2.33. The molecule has 3 aromatic heterocycles. The first-order valence-electron chi connectivity index (χ1n) is 9.50. The van der Waals surface area contributed by atoms with Crippen molar-refractivity contribution in [2.24, 2.45) is 13.0 Å². The lowest BCUT2D eigenvalue weighted by molar-refractivity contribution is 0.246. The summed E-state index contributed by atoms with van der Waals surface area (Å²) in [6.45, 7) is 0.193. The Balaban J connectivity index is 1.25. The normalized spacial score (nSPS) is 18.8. The molecule has 0 amide bonds. The Hall–Kier alpha value is -3.00. The van der Waals surface area contributed by atoms with Gasteiger partial charge in [0, 0.05) is 18.0 Å². The highest BCUT2D eigenvalue weighted by molar-refractivity contribution is 6.30. The number of hydrogen-bond donors (Lipinski definition) is 0. The lowest BCUT2D eigenvalue weighted by Crippen LogP contribution is -2.25. The summed E-state index contributed by atoms with van der Waals surface area (Å²) >= 11 is 6.06. The maximum Gasteiger partial charge on any atom is 0.280 e. The van der Waals surface area contributed by atoms with Gasteiger partial charge < -0.3 is 9.09 Å². The van der Waals surface area contributed by atoms with Gasteiger partial charge in [0.25, 0.3) is 5.56 Å². The van der Waals surface area contributed by atoms with Crippen molar-refractivity contribution < 1.29 is 4.52 Å². The number of fused-ring (bicyclic) bond motifs is 1. The van der Waals surface area contributed by atoms with Gasteiger partial charge in [-0.3, -0.25) is 9.36 Å². The Kier molecular flexibility index (Phi) is 4.43. The zero-order valence-corrected chi connectivity index (χ0v) is 16.6. The number of imidazole rings is 1. The molecule has 8 nitrogen and oxygen atoms in total. The fraction of sp³-hybridized carbons (Fsp3) is 0.350. The van der Waals surface area contributed by atoms with Crippen LogP contribution >= 0.6 is 11.6 Å². The predicted molar refractivity (Wildman–Crippen MR) is 107 cm³/mol. The number of aromatic nitrogens is 6. The lowest BCUT2D eigenvalue weighted by atomic mass is 9.72. The van der Waals surface area contributed by atoms with Crippen molar-refractivity contribution in [1.29, 1.82) is 0 Å². The van der Waals surface area contributed by atoms with Crippen molar-refractivity contribution in [3.63, 3.8) is 0 Å². The van der Waals surface area contributed by atoms with Crippen LogP contribution in [0, 0.1) is 5.92 Å². The average Bonchev–Trinajstić information content (AvgIpc) is 3.27. The molecule has 1 aliphatic rings. The summed E-state index contributed by atoms with van der Waals surface area (Å²) in [5.41, 5.74) is 1.96. The summed E-state index contributed by atoms with van der Waals surface area (Å²) in [6, 6.07) is 8.00. The van der Waals surface area contributed by atoms with Crippen molar-refractivity contribution in [2.45, 2.75) is 31.7 Å². The smallest absolute Gasteiger partial charge is 0.280 e. The van der Waals surface area contributed by atoms with E-state index in [0.29, 0.717) is 34.7 Å². The summed E-state index contributed by atoms with van der Waals surface area (Å²) in [6.07, 6.45) is 6.09. The topological polar surface area (TPSA) is 91.6 Å². The molecule has 1 aliphatic carbocycles. The Labute approximate surface area is 171 Å². The molecule has 29 heavy (non-hydrogen) atoms. The minimum Gasteiger partial charge on any atom is -0.337 e. The van der Waals surface area contributed by atoms with Crippen LogP contribution in [0.4, 0.5) is 0 Å². The molecule has 148 valence electrons. The molecule has 5 rings (SSSR count). The van der Waals surface area contributed by atoms with Gasteiger partial charge in [-0.25, -0.2) is 9.97 Å². The molecule has 0 atom stereocenters. The first-order valence-corrected chi connectivity index (χ1v) is 9.88. The molecule has 0 unspecified atom stereocenters. The summed E-state index contributed by atoms with van der Waals surface area (Å²) in [7, 11) is 1.77. The summed E-state index contributed by atoms with van der Waals surface area (Å²) in [5.74, 6) is 2.01. The highest BCUT2D eigenvalue weighted by Crippen LogP contribution is 2.42. The third kappa shape index (κ3) is 3.44. The second kappa shape index (κ2) is 7.11. The molecule has 0 N–H and O–H groups in total. The van der Waals surface area contributed by atoms with E-state index in [4.69, 9.17) is 16.1 Å². The van der Waals surface area contributed by atoms with E-state index in [1.165, 1.54) is 16.5 Å². The third-order valence-corrected chi connectivity index (χ3v) is 5.74. The molecular weight excluding hydrogens is 392 g/mol. The predicted octanol–water partition coefficient (Wildman–Crippen LogP) is 2.95. The molecule has 1 saturated carbocycles. The van der Waals surface area contributed by atoms with E-state index in [9.17, 15) is 4.79 Å². The van der Waals surface area contributed by atoms with E-state index in [0.717, 1.165) is 24.3 Å². The van der Waals surface area contributed by atoms with Gasteiger partial charge in [0.05, 0.1) is 6.33 Å². The number of hydrogen-bond acceptors (Lipinski definition) is 6. The van der Waals surface area contributed by atoms with Crippen molar-refractivity contribution in [3.05, 3.63) is 69.6 Å². The van der Waals surface area contributed by atoms with Crippen LogP contribution in [-0.4, -0.2) is 29.2 Å². The zero-order chi connectivity index (χ0) is 20.0. The minimum atomic E-state index is -0.181. The molecule has 3 heterocycles. The highest BCUT2D eigenvalue weighted by atomic mass is 35.5. The summed E-state index contributed by atoms with van der Waals surface area (Å²) in [4.78, 5) is 25.4. The minimum absolute atomic E-state index is 0.181.